The van der Waals surface area contributed by atoms with Gasteiger partial charge in [0.2, 0.25) is 0 Å². The maximum atomic E-state index is 9.34. The van der Waals surface area contributed by atoms with E-state index in [0.717, 1.165) is 31.8 Å². The highest BCUT2D eigenvalue weighted by Gasteiger charge is 2.32. The predicted molar refractivity (Wildman–Crippen MR) is 81.0 cm³/mol. The molecular weight excluding hydrogens is 234 g/mol. The topological polar surface area (TPSA) is 39.1 Å². The zero-order valence-corrected chi connectivity index (χ0v) is 13.2. The van der Waals surface area contributed by atoms with E-state index in [2.05, 4.69) is 44.0 Å². The van der Waals surface area contributed by atoms with Crippen molar-refractivity contribution in [3.63, 3.8) is 0 Å². The van der Waals surface area contributed by atoms with Crippen LogP contribution in [0.1, 0.15) is 59.8 Å². The van der Waals surface area contributed by atoms with Crippen molar-refractivity contribution in [1.82, 2.24) is 10.2 Å². The summed E-state index contributed by atoms with van der Waals surface area (Å²) >= 11 is 0. The largest absolute Gasteiger partial charge is 0.303 e. The van der Waals surface area contributed by atoms with Crippen LogP contribution in [0.3, 0.4) is 0 Å². The van der Waals surface area contributed by atoms with Gasteiger partial charge in [0.15, 0.2) is 0 Å². The lowest BCUT2D eigenvalue weighted by Gasteiger charge is -2.27. The van der Waals surface area contributed by atoms with E-state index in [1.807, 2.05) is 0 Å². The standard InChI is InChI=1S/C16H31N3/c1-5-14(3)12-19(6-2)11-7-10-16(4,13-17)18-15-8-9-15/h14-15,18H,5-12H2,1-4H3. The molecule has 1 aliphatic carbocycles. The van der Waals surface area contributed by atoms with Gasteiger partial charge in [0.25, 0.3) is 0 Å². The fraction of sp³-hybridized carbons (Fsp3) is 0.938. The minimum atomic E-state index is -0.322. The molecule has 0 aromatic rings. The summed E-state index contributed by atoms with van der Waals surface area (Å²) in [5.41, 5.74) is -0.322. The van der Waals surface area contributed by atoms with Crippen LogP contribution in [0.15, 0.2) is 0 Å². The number of nitrogens with zero attached hydrogens (tertiary/aromatic N) is 2. The van der Waals surface area contributed by atoms with E-state index in [0.29, 0.717) is 6.04 Å². The summed E-state index contributed by atoms with van der Waals surface area (Å²) in [5.74, 6) is 0.770. The van der Waals surface area contributed by atoms with Crippen LogP contribution in [0.25, 0.3) is 0 Å². The molecule has 1 fully saturated rings. The summed E-state index contributed by atoms with van der Waals surface area (Å²) in [4.78, 5) is 2.52. The normalized spacial score (nSPS) is 20.0. The molecule has 2 unspecified atom stereocenters. The van der Waals surface area contributed by atoms with Crippen LogP contribution in [0.4, 0.5) is 0 Å². The Hall–Kier alpha value is -0.590. The van der Waals surface area contributed by atoms with E-state index in [4.69, 9.17) is 0 Å². The number of nitriles is 1. The predicted octanol–water partition coefficient (Wildman–Crippen LogP) is 3.17. The van der Waals surface area contributed by atoms with Gasteiger partial charge in [0, 0.05) is 12.6 Å². The number of hydrogen-bond donors (Lipinski definition) is 1. The molecule has 0 aliphatic heterocycles. The van der Waals surface area contributed by atoms with Crippen LogP contribution < -0.4 is 5.32 Å². The minimum absolute atomic E-state index is 0.322. The first-order valence-electron chi connectivity index (χ1n) is 7.94. The Morgan fingerprint density at radius 2 is 2.11 bits per heavy atom. The van der Waals surface area contributed by atoms with E-state index in [1.54, 1.807) is 0 Å². The van der Waals surface area contributed by atoms with Crippen molar-refractivity contribution < 1.29 is 0 Å². The maximum Gasteiger partial charge on any atom is 0.104 e. The highest BCUT2D eigenvalue weighted by Crippen LogP contribution is 2.24. The zero-order valence-electron chi connectivity index (χ0n) is 13.2. The molecule has 0 spiro atoms. The van der Waals surface area contributed by atoms with Crippen molar-refractivity contribution >= 4 is 0 Å². The van der Waals surface area contributed by atoms with Gasteiger partial charge in [-0.3, -0.25) is 5.32 Å². The second-order valence-corrected chi connectivity index (χ2v) is 6.37. The summed E-state index contributed by atoms with van der Waals surface area (Å²) in [5, 5.41) is 12.8. The number of nitrogens with one attached hydrogen (secondary N) is 1. The Morgan fingerprint density at radius 1 is 1.42 bits per heavy atom. The minimum Gasteiger partial charge on any atom is -0.303 e. The highest BCUT2D eigenvalue weighted by molar-refractivity contribution is 5.07. The monoisotopic (exact) mass is 265 g/mol. The third-order valence-corrected chi connectivity index (χ3v) is 4.21. The molecule has 0 saturated heterocycles. The molecule has 0 radical (unpaired) electrons. The molecule has 1 N–H and O–H groups in total. The summed E-state index contributed by atoms with van der Waals surface area (Å²) in [6.07, 6.45) is 5.79. The summed E-state index contributed by atoms with van der Waals surface area (Å²) in [7, 11) is 0. The molecule has 0 amide bonds. The Kier molecular flexibility index (Phi) is 6.82. The third kappa shape index (κ3) is 6.40. The Morgan fingerprint density at radius 3 is 2.58 bits per heavy atom. The summed E-state index contributed by atoms with van der Waals surface area (Å²) < 4.78 is 0. The quantitative estimate of drug-likeness (QED) is 0.659. The number of hydrogen-bond acceptors (Lipinski definition) is 3. The van der Waals surface area contributed by atoms with E-state index >= 15 is 0 Å². The van der Waals surface area contributed by atoms with Gasteiger partial charge in [-0.1, -0.05) is 27.2 Å². The van der Waals surface area contributed by atoms with Crippen molar-refractivity contribution in [2.45, 2.75) is 71.4 Å². The molecule has 0 aromatic carbocycles. The van der Waals surface area contributed by atoms with Crippen LogP contribution in [0.2, 0.25) is 0 Å². The average Bonchev–Trinajstić information content (AvgIpc) is 3.21. The molecule has 3 heteroatoms. The third-order valence-electron chi connectivity index (χ3n) is 4.21. The van der Waals surface area contributed by atoms with E-state index < -0.39 is 0 Å². The van der Waals surface area contributed by atoms with Crippen molar-refractivity contribution in [2.75, 3.05) is 19.6 Å². The van der Waals surface area contributed by atoms with Gasteiger partial charge in [-0.05, 0) is 51.6 Å². The lowest BCUT2D eigenvalue weighted by molar-refractivity contribution is 0.233. The Labute approximate surface area is 119 Å². The van der Waals surface area contributed by atoms with E-state index in [9.17, 15) is 5.26 Å². The van der Waals surface area contributed by atoms with Crippen molar-refractivity contribution in [2.24, 2.45) is 5.92 Å². The highest BCUT2D eigenvalue weighted by atomic mass is 15.1. The molecule has 19 heavy (non-hydrogen) atoms. The molecule has 110 valence electrons. The maximum absolute atomic E-state index is 9.34. The first-order valence-corrected chi connectivity index (χ1v) is 7.94. The van der Waals surface area contributed by atoms with Gasteiger partial charge in [-0.15, -0.1) is 0 Å². The molecule has 3 nitrogen and oxygen atoms in total. The second kappa shape index (κ2) is 7.87. The summed E-state index contributed by atoms with van der Waals surface area (Å²) in [6, 6.07) is 3.07. The SMILES string of the molecule is CCC(C)CN(CC)CCCC(C)(C#N)NC1CC1. The number of rotatable bonds is 10. The molecule has 0 aromatic heterocycles. The van der Waals surface area contributed by atoms with E-state index in [-0.39, 0.29) is 5.54 Å². The van der Waals surface area contributed by atoms with Gasteiger partial charge in [0.1, 0.15) is 5.54 Å². The Bertz CT molecular complexity index is 293. The van der Waals surface area contributed by atoms with Crippen molar-refractivity contribution in [3.05, 3.63) is 0 Å². The molecule has 2 atom stereocenters. The Balaban J connectivity index is 2.27. The molecule has 0 heterocycles. The van der Waals surface area contributed by atoms with Gasteiger partial charge in [0.05, 0.1) is 6.07 Å². The molecular formula is C16H31N3. The lowest BCUT2D eigenvalue weighted by Crippen LogP contribution is -2.43. The first kappa shape index (κ1) is 16.5. The van der Waals surface area contributed by atoms with E-state index in [1.165, 1.54) is 25.8 Å². The second-order valence-electron chi connectivity index (χ2n) is 6.37. The smallest absolute Gasteiger partial charge is 0.104 e. The van der Waals surface area contributed by atoms with Crippen molar-refractivity contribution in [1.29, 1.82) is 5.26 Å². The van der Waals surface area contributed by atoms with Crippen LogP contribution in [0, 0.1) is 17.2 Å². The van der Waals surface area contributed by atoms with Crippen LogP contribution in [-0.4, -0.2) is 36.1 Å². The van der Waals surface area contributed by atoms with Crippen LogP contribution >= 0.6 is 0 Å². The van der Waals surface area contributed by atoms with Gasteiger partial charge in [-0.2, -0.15) is 5.26 Å². The summed E-state index contributed by atoms with van der Waals surface area (Å²) in [6.45, 7) is 12.3. The average molecular weight is 265 g/mol. The first-order chi connectivity index (χ1) is 9.03. The zero-order chi connectivity index (χ0) is 14.3. The van der Waals surface area contributed by atoms with Crippen LogP contribution in [0.5, 0.6) is 0 Å². The fourth-order valence-electron chi connectivity index (χ4n) is 2.44. The van der Waals surface area contributed by atoms with Crippen LogP contribution in [-0.2, 0) is 0 Å². The molecule has 0 bridgehead atoms. The molecule has 1 aliphatic rings. The van der Waals surface area contributed by atoms with Gasteiger partial charge in [-0.25, -0.2) is 0 Å². The van der Waals surface area contributed by atoms with Gasteiger partial charge >= 0.3 is 0 Å². The van der Waals surface area contributed by atoms with Crippen molar-refractivity contribution in [3.8, 4) is 6.07 Å². The fourth-order valence-corrected chi connectivity index (χ4v) is 2.44. The molecule has 1 rings (SSSR count). The molecule has 1 saturated carbocycles. The van der Waals surface area contributed by atoms with Gasteiger partial charge < -0.3 is 4.90 Å². The lowest BCUT2D eigenvalue weighted by atomic mass is 9.97.